The van der Waals surface area contributed by atoms with Gasteiger partial charge in [0.15, 0.2) is 0 Å². The molecular formula is C14H16ClN3O. The maximum Gasteiger partial charge on any atom is 0.272 e. The number of hydrogen-bond donors (Lipinski definition) is 2. The molecular weight excluding hydrogens is 262 g/mol. The smallest absolute Gasteiger partial charge is 0.272 e. The number of aromatic nitrogens is 1. The van der Waals surface area contributed by atoms with Crippen molar-refractivity contribution in [3.05, 3.63) is 46.7 Å². The fraction of sp³-hybridized carbons (Fsp3) is 0.214. The molecule has 3 N–H and O–H groups in total. The van der Waals surface area contributed by atoms with Gasteiger partial charge in [0.1, 0.15) is 5.69 Å². The molecule has 2 rings (SSSR count). The summed E-state index contributed by atoms with van der Waals surface area (Å²) in [5.41, 5.74) is 8.45. The molecule has 0 aliphatic heterocycles. The summed E-state index contributed by atoms with van der Waals surface area (Å²) in [5.74, 6) is -0.217. The molecule has 0 saturated heterocycles. The Morgan fingerprint density at radius 2 is 2.16 bits per heavy atom. The lowest BCUT2D eigenvalue weighted by molar-refractivity contribution is 0.101. The molecule has 1 amide bonds. The highest BCUT2D eigenvalue weighted by Crippen LogP contribution is 2.23. The van der Waals surface area contributed by atoms with Gasteiger partial charge in [0.05, 0.1) is 16.4 Å². The van der Waals surface area contributed by atoms with Gasteiger partial charge in [-0.05, 0) is 37.6 Å². The van der Waals surface area contributed by atoms with Crippen molar-refractivity contribution >= 4 is 28.9 Å². The van der Waals surface area contributed by atoms with E-state index in [1.807, 2.05) is 26.0 Å². The Labute approximate surface area is 117 Å². The number of carbonyl (C=O) groups excluding carboxylic acids is 1. The third-order valence-corrected chi connectivity index (χ3v) is 3.19. The molecule has 4 nitrogen and oxygen atoms in total. The van der Waals surface area contributed by atoms with Gasteiger partial charge in [0.25, 0.3) is 5.91 Å². The molecule has 2 aromatic rings. The molecule has 19 heavy (non-hydrogen) atoms. The van der Waals surface area contributed by atoms with Gasteiger partial charge < -0.3 is 15.6 Å². The van der Waals surface area contributed by atoms with Crippen LogP contribution in [-0.4, -0.2) is 10.5 Å². The molecule has 0 saturated carbocycles. The number of amides is 1. The van der Waals surface area contributed by atoms with E-state index in [0.29, 0.717) is 28.6 Å². The average molecular weight is 278 g/mol. The molecule has 5 heteroatoms. The SMILES string of the molecule is CCn1cc(N)cc1C(=O)Nc1cc(C)ccc1Cl. The second-order valence-corrected chi connectivity index (χ2v) is 4.79. The third-order valence-electron chi connectivity index (χ3n) is 2.86. The van der Waals surface area contributed by atoms with Crippen LogP contribution in [0.15, 0.2) is 30.5 Å². The highest BCUT2D eigenvalue weighted by atomic mass is 35.5. The lowest BCUT2D eigenvalue weighted by atomic mass is 10.2. The Bertz CT molecular complexity index is 619. The summed E-state index contributed by atoms with van der Waals surface area (Å²) >= 11 is 6.06. The fourth-order valence-corrected chi connectivity index (χ4v) is 2.07. The number of rotatable bonds is 3. The Morgan fingerprint density at radius 3 is 2.84 bits per heavy atom. The molecule has 0 radical (unpaired) electrons. The maximum atomic E-state index is 12.2. The average Bonchev–Trinajstić information content (AvgIpc) is 2.75. The van der Waals surface area contributed by atoms with Gasteiger partial charge in [0.2, 0.25) is 0 Å². The van der Waals surface area contributed by atoms with Gasteiger partial charge >= 0.3 is 0 Å². The van der Waals surface area contributed by atoms with E-state index in [4.69, 9.17) is 17.3 Å². The van der Waals surface area contributed by atoms with Crippen LogP contribution in [0.4, 0.5) is 11.4 Å². The van der Waals surface area contributed by atoms with Crippen molar-refractivity contribution in [1.82, 2.24) is 4.57 Å². The molecule has 1 aromatic carbocycles. The molecule has 0 unspecified atom stereocenters. The van der Waals surface area contributed by atoms with E-state index in [0.717, 1.165) is 5.56 Å². The minimum Gasteiger partial charge on any atom is -0.397 e. The van der Waals surface area contributed by atoms with Gasteiger partial charge in [-0.15, -0.1) is 0 Å². The van der Waals surface area contributed by atoms with Gasteiger partial charge in [-0.25, -0.2) is 0 Å². The van der Waals surface area contributed by atoms with Crippen LogP contribution >= 0.6 is 11.6 Å². The topological polar surface area (TPSA) is 60.0 Å². The summed E-state index contributed by atoms with van der Waals surface area (Å²) in [5, 5.41) is 3.32. The van der Waals surface area contributed by atoms with Gasteiger partial charge in [0, 0.05) is 12.7 Å². The van der Waals surface area contributed by atoms with E-state index < -0.39 is 0 Å². The zero-order chi connectivity index (χ0) is 14.0. The number of hydrogen-bond acceptors (Lipinski definition) is 2. The van der Waals surface area contributed by atoms with Gasteiger partial charge in [-0.1, -0.05) is 17.7 Å². The molecule has 1 aromatic heterocycles. The van der Waals surface area contributed by atoms with Crippen LogP contribution < -0.4 is 11.1 Å². The number of carbonyl (C=O) groups is 1. The summed E-state index contributed by atoms with van der Waals surface area (Å²) < 4.78 is 1.80. The molecule has 100 valence electrons. The number of nitrogen functional groups attached to an aromatic ring is 1. The van der Waals surface area contributed by atoms with Crippen LogP contribution in [0.5, 0.6) is 0 Å². The van der Waals surface area contributed by atoms with E-state index in [9.17, 15) is 4.79 Å². The standard InChI is InChI=1S/C14H16ClN3O/c1-3-18-8-10(16)7-13(18)14(19)17-12-6-9(2)4-5-11(12)15/h4-8H,3,16H2,1-2H3,(H,17,19). The van der Waals surface area contributed by atoms with Crippen molar-refractivity contribution in [1.29, 1.82) is 0 Å². The van der Waals surface area contributed by atoms with Crippen LogP contribution in [0.1, 0.15) is 23.0 Å². The summed E-state index contributed by atoms with van der Waals surface area (Å²) in [6, 6.07) is 7.15. The lowest BCUT2D eigenvalue weighted by Gasteiger charge is -2.09. The molecule has 0 aliphatic carbocycles. The summed E-state index contributed by atoms with van der Waals surface area (Å²) in [4.78, 5) is 12.2. The number of nitrogens with two attached hydrogens (primary N) is 1. The number of halogens is 1. The van der Waals surface area contributed by atoms with Crippen molar-refractivity contribution in [3.63, 3.8) is 0 Å². The molecule has 0 fully saturated rings. The first kappa shape index (κ1) is 13.5. The van der Waals surface area contributed by atoms with Crippen LogP contribution in [0, 0.1) is 6.92 Å². The third kappa shape index (κ3) is 2.90. The van der Waals surface area contributed by atoms with Crippen LogP contribution in [0.2, 0.25) is 5.02 Å². The van der Waals surface area contributed by atoms with E-state index in [-0.39, 0.29) is 5.91 Å². The number of aryl methyl sites for hydroxylation is 2. The summed E-state index contributed by atoms with van der Waals surface area (Å²) in [6.07, 6.45) is 1.74. The molecule has 0 bridgehead atoms. The number of nitrogens with zero attached hydrogens (tertiary/aromatic N) is 1. The first-order valence-electron chi connectivity index (χ1n) is 6.04. The van der Waals surface area contributed by atoms with Gasteiger partial charge in [-0.3, -0.25) is 4.79 Å². The van der Waals surface area contributed by atoms with E-state index in [1.165, 1.54) is 0 Å². The second kappa shape index (κ2) is 5.36. The molecule has 0 atom stereocenters. The lowest BCUT2D eigenvalue weighted by Crippen LogP contribution is -2.16. The van der Waals surface area contributed by atoms with Crippen LogP contribution in [0.25, 0.3) is 0 Å². The Morgan fingerprint density at radius 1 is 1.42 bits per heavy atom. The quantitative estimate of drug-likeness (QED) is 0.904. The van der Waals surface area contributed by atoms with Crippen LogP contribution in [-0.2, 0) is 6.54 Å². The summed E-state index contributed by atoms with van der Waals surface area (Å²) in [7, 11) is 0. The maximum absolute atomic E-state index is 12.2. The van der Waals surface area contributed by atoms with Crippen LogP contribution in [0.3, 0.4) is 0 Å². The first-order valence-corrected chi connectivity index (χ1v) is 6.42. The van der Waals surface area contributed by atoms with Crippen molar-refractivity contribution in [2.75, 3.05) is 11.1 Å². The number of nitrogens with one attached hydrogen (secondary N) is 1. The molecule has 0 spiro atoms. The van der Waals surface area contributed by atoms with Crippen molar-refractivity contribution in [2.45, 2.75) is 20.4 Å². The first-order chi connectivity index (χ1) is 9.01. The second-order valence-electron chi connectivity index (χ2n) is 4.38. The van der Waals surface area contributed by atoms with Gasteiger partial charge in [-0.2, -0.15) is 0 Å². The Hall–Kier alpha value is -1.94. The Balaban J connectivity index is 2.27. The largest absolute Gasteiger partial charge is 0.397 e. The zero-order valence-electron chi connectivity index (χ0n) is 10.9. The normalized spacial score (nSPS) is 10.5. The minimum absolute atomic E-state index is 0.217. The van der Waals surface area contributed by atoms with E-state index in [2.05, 4.69) is 5.32 Å². The highest BCUT2D eigenvalue weighted by Gasteiger charge is 2.13. The van der Waals surface area contributed by atoms with Crippen molar-refractivity contribution in [3.8, 4) is 0 Å². The molecule has 1 heterocycles. The Kier molecular flexibility index (Phi) is 3.81. The monoisotopic (exact) mass is 277 g/mol. The fourth-order valence-electron chi connectivity index (χ4n) is 1.91. The number of benzene rings is 1. The highest BCUT2D eigenvalue weighted by molar-refractivity contribution is 6.33. The zero-order valence-corrected chi connectivity index (χ0v) is 11.7. The predicted octanol–water partition coefficient (Wildman–Crippen LogP) is 3.30. The minimum atomic E-state index is -0.217. The number of anilines is 2. The summed E-state index contributed by atoms with van der Waals surface area (Å²) in [6.45, 7) is 4.58. The van der Waals surface area contributed by atoms with E-state index in [1.54, 1.807) is 22.9 Å². The predicted molar refractivity (Wildman–Crippen MR) is 78.7 cm³/mol. The molecule has 0 aliphatic rings. The van der Waals surface area contributed by atoms with Crippen molar-refractivity contribution in [2.24, 2.45) is 0 Å². The van der Waals surface area contributed by atoms with Crippen molar-refractivity contribution < 1.29 is 4.79 Å². The van der Waals surface area contributed by atoms with E-state index >= 15 is 0 Å².